The highest BCUT2D eigenvalue weighted by molar-refractivity contribution is 6.35. The minimum atomic E-state index is -1.25. The van der Waals surface area contributed by atoms with Gasteiger partial charge >= 0.3 is 5.97 Å². The second-order valence-corrected chi connectivity index (χ2v) is 21.0. The molecule has 2 heterocycles. The molecule has 2 saturated heterocycles. The summed E-state index contributed by atoms with van der Waals surface area (Å²) in [6.45, 7) is 19.1. The molecule has 400 valence electrons. The molecule has 18 nitrogen and oxygen atoms in total. The fourth-order valence-corrected chi connectivity index (χ4v) is 9.23. The molecule has 4 N–H and O–H groups in total. The summed E-state index contributed by atoms with van der Waals surface area (Å²) < 4.78 is 17.7. The van der Waals surface area contributed by atoms with Gasteiger partial charge in [-0.1, -0.05) is 67.5 Å². The molecule has 0 spiro atoms. The van der Waals surface area contributed by atoms with Gasteiger partial charge in [0.05, 0.1) is 13.2 Å². The van der Waals surface area contributed by atoms with Crippen LogP contribution >= 0.6 is 0 Å². The maximum absolute atomic E-state index is 14.8. The summed E-state index contributed by atoms with van der Waals surface area (Å²) in [7, 11) is 4.69. The fourth-order valence-electron chi connectivity index (χ4n) is 9.23. The maximum Gasteiger partial charge on any atom is 0.329 e. The number of ketones is 2. The first kappa shape index (κ1) is 60.4. The van der Waals surface area contributed by atoms with Crippen LogP contribution in [0.1, 0.15) is 133 Å². The number of nitrogens with zero attached hydrogens (tertiary/aromatic N) is 4. The number of nitrogens with one attached hydrogen (secondary N) is 2. The molecule has 1 aromatic rings. The van der Waals surface area contributed by atoms with Gasteiger partial charge in [0.15, 0.2) is 5.78 Å². The molecule has 18 heteroatoms. The number of carbonyl (C=O) groups is 8. The van der Waals surface area contributed by atoms with Crippen molar-refractivity contribution in [3.63, 3.8) is 0 Å². The Morgan fingerprint density at radius 2 is 1.38 bits per heavy atom. The molecule has 71 heavy (non-hydrogen) atoms. The molecular formula is C53H87N7O11. The fraction of sp³-hybridized carbons (Fsp3) is 0.736. The van der Waals surface area contributed by atoms with E-state index in [9.17, 15) is 38.4 Å². The van der Waals surface area contributed by atoms with E-state index in [-0.39, 0.29) is 61.5 Å². The van der Waals surface area contributed by atoms with Gasteiger partial charge in [0.25, 0.3) is 5.91 Å². The number of likely N-dealkylation sites (tertiary alicyclic amines) is 2. The second kappa shape index (κ2) is 28.9. The molecule has 9 atom stereocenters. The van der Waals surface area contributed by atoms with Crippen LogP contribution in [0.15, 0.2) is 24.3 Å². The molecule has 5 amide bonds. The molecule has 0 aliphatic carbocycles. The number of ether oxygens (including phenoxy) is 3. The van der Waals surface area contributed by atoms with Gasteiger partial charge in [0, 0.05) is 65.5 Å². The van der Waals surface area contributed by atoms with E-state index in [0.717, 1.165) is 0 Å². The first-order chi connectivity index (χ1) is 33.4. The summed E-state index contributed by atoms with van der Waals surface area (Å²) in [4.78, 5) is 115. The van der Waals surface area contributed by atoms with Crippen molar-refractivity contribution in [2.75, 3.05) is 47.4 Å². The van der Waals surface area contributed by atoms with Gasteiger partial charge in [-0.2, -0.15) is 0 Å². The van der Waals surface area contributed by atoms with E-state index >= 15 is 0 Å². The first-order valence-electron chi connectivity index (χ1n) is 25.8. The van der Waals surface area contributed by atoms with Crippen LogP contribution < -0.4 is 21.1 Å². The van der Waals surface area contributed by atoms with Crippen LogP contribution in [0.5, 0.6) is 5.75 Å². The van der Waals surface area contributed by atoms with Crippen LogP contribution in [0.25, 0.3) is 0 Å². The number of likely N-dealkylation sites (N-methyl/N-ethyl adjacent to an activating group) is 2. The molecule has 0 radical (unpaired) electrons. The lowest BCUT2D eigenvalue weighted by Crippen LogP contribution is -2.59. The lowest BCUT2D eigenvalue weighted by Gasteiger charge is -2.36. The Balaban J connectivity index is 2.03. The molecule has 0 unspecified atom stereocenters. The van der Waals surface area contributed by atoms with E-state index < -0.39 is 78.1 Å². The van der Waals surface area contributed by atoms with Gasteiger partial charge in [0.2, 0.25) is 29.4 Å². The van der Waals surface area contributed by atoms with E-state index in [0.29, 0.717) is 81.6 Å². The predicted molar refractivity (Wildman–Crippen MR) is 271 cm³/mol. The Bertz CT molecular complexity index is 1940. The van der Waals surface area contributed by atoms with Crippen molar-refractivity contribution in [2.45, 2.75) is 182 Å². The van der Waals surface area contributed by atoms with Crippen molar-refractivity contribution in [2.24, 2.45) is 29.4 Å². The average Bonchev–Trinajstić information content (AvgIpc) is 4.03. The molecule has 3 rings (SSSR count). The molecule has 0 saturated carbocycles. The minimum Gasteiger partial charge on any atom is -0.497 e. The van der Waals surface area contributed by atoms with Crippen LogP contribution in [0, 0.1) is 23.7 Å². The minimum absolute atomic E-state index is 0.0259. The topological polar surface area (TPSA) is 227 Å². The third-order valence-electron chi connectivity index (χ3n) is 13.8. The standard InChI is InChI=1S/C53H87N7O11/c1-14-35(8)48(70-31-40(62)22-19-32(2)3)56-47(63)46(55-30-39(27-33(4)5)57(11)51(66)43-17-15-25-59(43)49(64)36(9)61)37(10)71-53(68)45(29-38-20-23-41(69-13)24-21-38)58(12)52(67)44-18-16-26-60(44)50(65)42(54)28-34(6)7/h20-21,23-24,32-35,37,39,42-46,48,55H,14-19,22,25-31,54H2,1-13H3,(H,56,63)/t35-,37+,39+,42-,43-,44-,45-,46-,48-/m0/s1. The largest absolute Gasteiger partial charge is 0.497 e. The van der Waals surface area contributed by atoms with Crippen molar-refractivity contribution in [3.8, 4) is 5.75 Å². The quantitative estimate of drug-likeness (QED) is 0.0580. The van der Waals surface area contributed by atoms with Gasteiger partial charge in [-0.15, -0.1) is 0 Å². The summed E-state index contributed by atoms with van der Waals surface area (Å²) in [6, 6.07) is 1.62. The van der Waals surface area contributed by atoms with Crippen LogP contribution in [0.3, 0.4) is 0 Å². The lowest BCUT2D eigenvalue weighted by molar-refractivity contribution is -0.162. The third-order valence-corrected chi connectivity index (χ3v) is 13.8. The lowest BCUT2D eigenvalue weighted by atomic mass is 10.00. The van der Waals surface area contributed by atoms with Gasteiger partial charge in [-0.3, -0.25) is 33.6 Å². The van der Waals surface area contributed by atoms with Gasteiger partial charge in [0.1, 0.15) is 48.9 Å². The SMILES string of the molecule is CC[C@H](C)[C@@H](NC(=O)[C@@H](NC[C@@H](CC(C)C)N(C)C(=O)[C@@H]1CCCN1C(=O)C(C)=O)[C@@H](C)OC(=O)[C@H](Cc1ccc(OC)cc1)N(C)C(=O)[C@@H]1CCCN1C(=O)[C@@H](N)CC(C)C)OCC(=O)CCC(C)C. The van der Waals surface area contributed by atoms with Crippen molar-refractivity contribution in [3.05, 3.63) is 29.8 Å². The normalized spacial score (nSPS) is 18.9. The number of rotatable bonds is 29. The molecule has 2 aliphatic heterocycles. The van der Waals surface area contributed by atoms with E-state index in [2.05, 4.69) is 10.6 Å². The maximum atomic E-state index is 14.8. The van der Waals surface area contributed by atoms with Gasteiger partial charge in [-0.25, -0.2) is 4.79 Å². The Labute approximate surface area is 423 Å². The summed E-state index contributed by atoms with van der Waals surface area (Å²) in [5, 5.41) is 6.30. The Morgan fingerprint density at radius 1 is 0.803 bits per heavy atom. The molecule has 1 aromatic carbocycles. The monoisotopic (exact) mass is 998 g/mol. The average molecular weight is 998 g/mol. The van der Waals surface area contributed by atoms with Crippen LogP contribution in [-0.4, -0.2) is 163 Å². The van der Waals surface area contributed by atoms with Crippen LogP contribution in [0.2, 0.25) is 0 Å². The highest BCUT2D eigenvalue weighted by Crippen LogP contribution is 2.25. The molecule has 2 fully saturated rings. The molecule has 0 bridgehead atoms. The zero-order chi connectivity index (χ0) is 53.3. The smallest absolute Gasteiger partial charge is 0.329 e. The van der Waals surface area contributed by atoms with E-state index in [1.54, 1.807) is 50.2 Å². The number of benzene rings is 1. The summed E-state index contributed by atoms with van der Waals surface area (Å²) in [5.74, 6) is -3.03. The number of amides is 5. The van der Waals surface area contributed by atoms with E-state index in [1.165, 1.54) is 28.7 Å². The molecule has 2 aliphatic rings. The van der Waals surface area contributed by atoms with Crippen LogP contribution in [0.4, 0.5) is 0 Å². The second-order valence-electron chi connectivity index (χ2n) is 21.0. The summed E-state index contributed by atoms with van der Waals surface area (Å²) in [5.41, 5.74) is 7.02. The summed E-state index contributed by atoms with van der Waals surface area (Å²) in [6.07, 6.45) is 2.45. The van der Waals surface area contributed by atoms with Crippen molar-refractivity contribution < 1.29 is 52.6 Å². The number of nitrogens with two attached hydrogens (primary N) is 1. The number of hydrogen-bond donors (Lipinski definition) is 3. The number of esters is 1. The zero-order valence-electron chi connectivity index (χ0n) is 45.0. The highest BCUT2D eigenvalue weighted by atomic mass is 16.5. The number of hydrogen-bond acceptors (Lipinski definition) is 13. The van der Waals surface area contributed by atoms with Gasteiger partial charge < -0.3 is 50.2 Å². The third kappa shape index (κ3) is 17.9. The van der Waals surface area contributed by atoms with Crippen molar-refractivity contribution >= 4 is 47.1 Å². The number of methoxy groups -OCH3 is 1. The van der Waals surface area contributed by atoms with E-state index in [4.69, 9.17) is 19.9 Å². The zero-order valence-corrected chi connectivity index (χ0v) is 45.0. The Kier molecular flexibility index (Phi) is 24.6. The Hall–Kier alpha value is -4.94. The number of Topliss-reactive ketones (excluding diaryl/α,β-unsaturated/α-hetero) is 2. The predicted octanol–water partition coefficient (Wildman–Crippen LogP) is 4.28. The highest BCUT2D eigenvalue weighted by Gasteiger charge is 2.43. The van der Waals surface area contributed by atoms with Crippen molar-refractivity contribution in [1.82, 2.24) is 30.2 Å². The molecular weight excluding hydrogens is 911 g/mol. The van der Waals surface area contributed by atoms with E-state index in [1.807, 2.05) is 55.4 Å². The van der Waals surface area contributed by atoms with Gasteiger partial charge in [-0.05, 0) is 93.7 Å². The number of carbonyl (C=O) groups excluding carboxylic acids is 8. The molecule has 0 aromatic heterocycles. The van der Waals surface area contributed by atoms with Crippen molar-refractivity contribution in [1.29, 1.82) is 0 Å². The van der Waals surface area contributed by atoms with Crippen LogP contribution in [-0.2, 0) is 54.3 Å². The first-order valence-corrected chi connectivity index (χ1v) is 25.8. The Morgan fingerprint density at radius 3 is 1.93 bits per heavy atom. The summed E-state index contributed by atoms with van der Waals surface area (Å²) >= 11 is 0.